The minimum atomic E-state index is -0.101. The van der Waals surface area contributed by atoms with Crippen molar-refractivity contribution in [2.75, 3.05) is 6.79 Å². The van der Waals surface area contributed by atoms with Crippen LogP contribution in [0.4, 0.5) is 0 Å². The number of Topliss-reactive ketones (excluding diaryl/α,β-unsaturated/α-hetero) is 1. The van der Waals surface area contributed by atoms with Gasteiger partial charge in [0.15, 0.2) is 17.3 Å². The topological polar surface area (TPSA) is 35.5 Å². The summed E-state index contributed by atoms with van der Waals surface area (Å²) in [7, 11) is 0. The standard InChI is InChI=1S/C13H10Cl2O3/c14-9-3-8(4-10(16)13(9)15)7-1-2-11-12(5-7)18-6-17-11/h1-2,5,8H,3-4,6H2. The predicted octanol–water partition coefficient (Wildman–Crippen LogP) is 3.55. The van der Waals surface area contributed by atoms with E-state index < -0.39 is 0 Å². The average Bonchev–Trinajstić information content (AvgIpc) is 2.82. The maximum absolute atomic E-state index is 11.7. The molecule has 0 bridgehead atoms. The number of allylic oxidation sites excluding steroid dienone is 2. The maximum Gasteiger partial charge on any atom is 0.231 e. The lowest BCUT2D eigenvalue weighted by molar-refractivity contribution is -0.115. The Hall–Kier alpha value is -1.19. The van der Waals surface area contributed by atoms with Crippen LogP contribution in [0.5, 0.6) is 11.5 Å². The molecule has 0 aromatic heterocycles. The van der Waals surface area contributed by atoms with Crippen LogP contribution in [0.25, 0.3) is 0 Å². The Labute approximate surface area is 114 Å². The second-order valence-corrected chi connectivity index (χ2v) is 5.19. The fraction of sp³-hybridized carbons (Fsp3) is 0.308. The third-order valence-corrected chi connectivity index (χ3v) is 4.09. The van der Waals surface area contributed by atoms with Crippen LogP contribution in [0, 0.1) is 0 Å². The Morgan fingerprint density at radius 2 is 1.89 bits per heavy atom. The molecule has 0 spiro atoms. The van der Waals surface area contributed by atoms with E-state index in [0.29, 0.717) is 17.9 Å². The highest BCUT2D eigenvalue weighted by Crippen LogP contribution is 2.41. The van der Waals surface area contributed by atoms with Gasteiger partial charge < -0.3 is 9.47 Å². The van der Waals surface area contributed by atoms with Crippen LogP contribution < -0.4 is 9.47 Å². The van der Waals surface area contributed by atoms with Crippen molar-refractivity contribution in [1.82, 2.24) is 0 Å². The molecule has 0 amide bonds. The number of ether oxygens (including phenoxy) is 2. The van der Waals surface area contributed by atoms with Gasteiger partial charge in [-0.1, -0.05) is 29.3 Å². The van der Waals surface area contributed by atoms with E-state index in [9.17, 15) is 4.79 Å². The average molecular weight is 285 g/mol. The number of rotatable bonds is 1. The van der Waals surface area contributed by atoms with Gasteiger partial charge in [-0.05, 0) is 30.0 Å². The number of carbonyl (C=O) groups excluding carboxylic acids is 1. The molecule has 0 N–H and O–H groups in total. The normalized spacial score (nSPS) is 22.6. The summed E-state index contributed by atoms with van der Waals surface area (Å²) in [6.07, 6.45) is 0.973. The van der Waals surface area contributed by atoms with Crippen LogP contribution in [-0.4, -0.2) is 12.6 Å². The zero-order valence-electron chi connectivity index (χ0n) is 9.41. The van der Waals surface area contributed by atoms with Crippen molar-refractivity contribution >= 4 is 29.0 Å². The summed E-state index contributed by atoms with van der Waals surface area (Å²) in [6, 6.07) is 5.70. The molecule has 0 saturated carbocycles. The van der Waals surface area contributed by atoms with Crippen LogP contribution in [-0.2, 0) is 4.79 Å². The first-order chi connectivity index (χ1) is 8.65. The molecule has 1 aliphatic carbocycles. The quantitative estimate of drug-likeness (QED) is 0.791. The smallest absolute Gasteiger partial charge is 0.231 e. The van der Waals surface area contributed by atoms with Gasteiger partial charge in [0.2, 0.25) is 6.79 Å². The fourth-order valence-electron chi connectivity index (χ4n) is 2.25. The van der Waals surface area contributed by atoms with Gasteiger partial charge in [0.25, 0.3) is 0 Å². The van der Waals surface area contributed by atoms with Gasteiger partial charge in [-0.2, -0.15) is 0 Å². The van der Waals surface area contributed by atoms with Crippen molar-refractivity contribution in [3.63, 3.8) is 0 Å². The van der Waals surface area contributed by atoms with E-state index in [-0.39, 0.29) is 23.5 Å². The molecule has 2 aliphatic rings. The van der Waals surface area contributed by atoms with Crippen molar-refractivity contribution in [1.29, 1.82) is 0 Å². The number of hydrogen-bond donors (Lipinski definition) is 0. The van der Waals surface area contributed by atoms with Crippen LogP contribution in [0.15, 0.2) is 28.3 Å². The van der Waals surface area contributed by atoms with Gasteiger partial charge in [0, 0.05) is 11.5 Å². The Morgan fingerprint density at radius 1 is 1.11 bits per heavy atom. The summed E-state index contributed by atoms with van der Waals surface area (Å²) in [5.74, 6) is 1.41. The summed E-state index contributed by atoms with van der Waals surface area (Å²) >= 11 is 11.8. The molecule has 1 heterocycles. The molecule has 18 heavy (non-hydrogen) atoms. The number of carbonyl (C=O) groups is 1. The molecule has 94 valence electrons. The van der Waals surface area contributed by atoms with E-state index in [0.717, 1.165) is 17.1 Å². The number of fused-ring (bicyclic) bond motifs is 1. The molecule has 0 saturated heterocycles. The highest BCUT2D eigenvalue weighted by atomic mass is 35.5. The summed E-state index contributed by atoms with van der Waals surface area (Å²) in [5.41, 5.74) is 1.02. The lowest BCUT2D eigenvalue weighted by Gasteiger charge is -2.21. The molecule has 3 rings (SSSR count). The Balaban J connectivity index is 1.90. The van der Waals surface area contributed by atoms with Crippen molar-refractivity contribution in [3.05, 3.63) is 33.8 Å². The van der Waals surface area contributed by atoms with Crippen LogP contribution in [0.3, 0.4) is 0 Å². The molecule has 1 aliphatic heterocycles. The van der Waals surface area contributed by atoms with Gasteiger partial charge in [0.05, 0.1) is 5.03 Å². The lowest BCUT2D eigenvalue weighted by atomic mass is 9.87. The van der Waals surface area contributed by atoms with Crippen molar-refractivity contribution in [2.45, 2.75) is 18.8 Å². The molecule has 5 heteroatoms. The third-order valence-electron chi connectivity index (χ3n) is 3.21. The second kappa shape index (κ2) is 4.48. The summed E-state index contributed by atoms with van der Waals surface area (Å²) in [6.45, 7) is 0.245. The zero-order chi connectivity index (χ0) is 12.7. The number of benzene rings is 1. The zero-order valence-corrected chi connectivity index (χ0v) is 10.9. The van der Waals surface area contributed by atoms with E-state index >= 15 is 0 Å². The van der Waals surface area contributed by atoms with Crippen LogP contribution >= 0.6 is 23.2 Å². The third kappa shape index (κ3) is 1.98. The molecule has 1 atom stereocenters. The highest BCUT2D eigenvalue weighted by molar-refractivity contribution is 6.48. The summed E-state index contributed by atoms with van der Waals surface area (Å²) in [4.78, 5) is 11.7. The van der Waals surface area contributed by atoms with E-state index in [2.05, 4.69) is 0 Å². The highest BCUT2D eigenvalue weighted by Gasteiger charge is 2.28. The molecule has 1 unspecified atom stereocenters. The van der Waals surface area contributed by atoms with E-state index in [4.69, 9.17) is 32.7 Å². The van der Waals surface area contributed by atoms with Crippen molar-refractivity contribution < 1.29 is 14.3 Å². The first-order valence-corrected chi connectivity index (χ1v) is 6.37. The first kappa shape index (κ1) is 11.9. The van der Waals surface area contributed by atoms with Gasteiger partial charge in [-0.15, -0.1) is 0 Å². The largest absolute Gasteiger partial charge is 0.454 e. The number of ketones is 1. The monoisotopic (exact) mass is 284 g/mol. The molecular formula is C13H10Cl2O3. The Morgan fingerprint density at radius 3 is 2.67 bits per heavy atom. The maximum atomic E-state index is 11.7. The number of halogens is 2. The van der Waals surface area contributed by atoms with E-state index in [1.165, 1.54) is 0 Å². The molecular weight excluding hydrogens is 275 g/mol. The minimum absolute atomic E-state index is 0.0574. The molecule has 1 aromatic rings. The summed E-state index contributed by atoms with van der Waals surface area (Å²) in [5, 5.41) is 0.615. The van der Waals surface area contributed by atoms with Gasteiger partial charge >= 0.3 is 0 Å². The predicted molar refractivity (Wildman–Crippen MR) is 68.3 cm³/mol. The van der Waals surface area contributed by atoms with Crippen LogP contribution in [0.1, 0.15) is 24.3 Å². The van der Waals surface area contributed by atoms with Gasteiger partial charge in [-0.3, -0.25) is 4.79 Å². The van der Waals surface area contributed by atoms with Crippen molar-refractivity contribution in [2.24, 2.45) is 0 Å². The van der Waals surface area contributed by atoms with Gasteiger partial charge in [-0.25, -0.2) is 0 Å². The fourth-order valence-corrected chi connectivity index (χ4v) is 2.69. The molecule has 0 fully saturated rings. The lowest BCUT2D eigenvalue weighted by Crippen LogP contribution is -2.14. The molecule has 1 aromatic carbocycles. The number of hydrogen-bond acceptors (Lipinski definition) is 3. The minimum Gasteiger partial charge on any atom is -0.454 e. The summed E-state index contributed by atoms with van der Waals surface area (Å²) < 4.78 is 10.6. The van der Waals surface area contributed by atoms with Crippen molar-refractivity contribution in [3.8, 4) is 11.5 Å². The first-order valence-electron chi connectivity index (χ1n) is 5.62. The molecule has 0 radical (unpaired) electrons. The second-order valence-electron chi connectivity index (χ2n) is 4.36. The van der Waals surface area contributed by atoms with E-state index in [1.807, 2.05) is 18.2 Å². The SMILES string of the molecule is O=C1CC(c2ccc3c(c2)OCO3)CC(Cl)=C1Cl. The van der Waals surface area contributed by atoms with E-state index in [1.54, 1.807) is 0 Å². The Kier molecular flexibility index (Phi) is 2.96. The molecule has 3 nitrogen and oxygen atoms in total. The Bertz CT molecular complexity index is 551. The van der Waals surface area contributed by atoms with Gasteiger partial charge in [0.1, 0.15) is 0 Å². The van der Waals surface area contributed by atoms with Crippen LogP contribution in [0.2, 0.25) is 0 Å².